The second-order valence-corrected chi connectivity index (χ2v) is 6.11. The van der Waals surface area contributed by atoms with E-state index < -0.39 is 0 Å². The highest BCUT2D eigenvalue weighted by Gasteiger charge is 2.43. The summed E-state index contributed by atoms with van der Waals surface area (Å²) in [5.74, 6) is 0. The van der Waals surface area contributed by atoms with Crippen LogP contribution in [0.1, 0.15) is 26.7 Å². The number of hydrogen-bond donors (Lipinski definition) is 0. The van der Waals surface area contributed by atoms with Crippen molar-refractivity contribution in [2.24, 2.45) is 5.41 Å². The highest BCUT2D eigenvalue weighted by atomic mass is 32.2. The number of piperidine rings is 1. The van der Waals surface area contributed by atoms with Crippen molar-refractivity contribution in [3.8, 4) is 0 Å². The second kappa shape index (κ2) is 5.07. The van der Waals surface area contributed by atoms with Gasteiger partial charge in [0, 0.05) is 23.9 Å². The number of nitrogens with zero attached hydrogens (tertiary/aromatic N) is 2. The molecule has 3 heteroatoms. The topological polar surface area (TPSA) is 6.48 Å². The third kappa shape index (κ3) is 2.27. The van der Waals surface area contributed by atoms with Crippen molar-refractivity contribution in [2.75, 3.05) is 32.9 Å². The maximum Gasteiger partial charge on any atom is 0.0390 e. The lowest BCUT2D eigenvalue weighted by molar-refractivity contribution is 0.158. The van der Waals surface area contributed by atoms with Crippen molar-refractivity contribution in [1.82, 2.24) is 9.21 Å². The van der Waals surface area contributed by atoms with Crippen LogP contribution in [0, 0.1) is 5.41 Å². The number of rotatable bonds is 2. The first-order chi connectivity index (χ1) is 8.13. The lowest BCUT2D eigenvalue weighted by Gasteiger charge is -2.39. The maximum atomic E-state index is 2.47. The third-order valence-electron chi connectivity index (χ3n) is 4.28. The summed E-state index contributed by atoms with van der Waals surface area (Å²) in [6.45, 7) is 8.07. The van der Waals surface area contributed by atoms with Gasteiger partial charge >= 0.3 is 0 Å². The Balaban J connectivity index is 2.28. The van der Waals surface area contributed by atoms with Gasteiger partial charge in [0.05, 0.1) is 0 Å². The molecule has 96 valence electrons. The predicted octanol–water partition coefficient (Wildman–Crippen LogP) is 3.14. The molecule has 2 aliphatic heterocycles. The zero-order valence-corrected chi connectivity index (χ0v) is 12.3. The Morgan fingerprint density at radius 1 is 1.29 bits per heavy atom. The number of allylic oxidation sites excluding steroid dienone is 3. The number of likely N-dealkylation sites (tertiary alicyclic amines) is 1. The van der Waals surface area contributed by atoms with Gasteiger partial charge in [-0.05, 0) is 52.4 Å². The normalized spacial score (nSPS) is 25.5. The van der Waals surface area contributed by atoms with E-state index in [0.29, 0.717) is 5.41 Å². The van der Waals surface area contributed by atoms with E-state index >= 15 is 0 Å². The molecule has 2 rings (SSSR count). The fourth-order valence-corrected chi connectivity index (χ4v) is 3.88. The third-order valence-corrected chi connectivity index (χ3v) is 5.12. The van der Waals surface area contributed by atoms with Gasteiger partial charge in [0.1, 0.15) is 0 Å². The van der Waals surface area contributed by atoms with Gasteiger partial charge in [-0.1, -0.05) is 24.1 Å². The van der Waals surface area contributed by atoms with Crippen LogP contribution in [-0.2, 0) is 0 Å². The molecule has 0 aromatic rings. The van der Waals surface area contributed by atoms with Crippen molar-refractivity contribution < 1.29 is 0 Å². The van der Waals surface area contributed by atoms with Gasteiger partial charge in [0.15, 0.2) is 0 Å². The molecule has 0 N–H and O–H groups in total. The first-order valence-corrected chi connectivity index (χ1v) is 7.65. The Labute approximate surface area is 110 Å². The van der Waals surface area contributed by atoms with E-state index in [-0.39, 0.29) is 0 Å². The standard InChI is InChI=1S/C14H24N2S/c1-5-6-13-12(2)16(17-4)11-14(13)7-9-15(3)10-8-14/h5-6H,7-11H2,1-4H3/b6-5-. The molecule has 2 heterocycles. The summed E-state index contributed by atoms with van der Waals surface area (Å²) in [6.07, 6.45) is 9.33. The molecule has 0 atom stereocenters. The van der Waals surface area contributed by atoms with E-state index in [4.69, 9.17) is 0 Å². The first kappa shape index (κ1) is 13.0. The summed E-state index contributed by atoms with van der Waals surface area (Å²) in [7, 11) is 2.24. The van der Waals surface area contributed by atoms with Crippen molar-refractivity contribution in [3.05, 3.63) is 23.4 Å². The van der Waals surface area contributed by atoms with Crippen LogP contribution in [0.5, 0.6) is 0 Å². The molecule has 2 aliphatic rings. The molecule has 0 aliphatic carbocycles. The van der Waals surface area contributed by atoms with E-state index in [1.807, 2.05) is 11.9 Å². The summed E-state index contributed by atoms with van der Waals surface area (Å²) < 4.78 is 2.47. The lowest BCUT2D eigenvalue weighted by atomic mass is 9.73. The van der Waals surface area contributed by atoms with Gasteiger partial charge in [-0.3, -0.25) is 0 Å². The maximum absolute atomic E-state index is 2.47. The quantitative estimate of drug-likeness (QED) is 0.697. The van der Waals surface area contributed by atoms with Crippen LogP contribution in [0.2, 0.25) is 0 Å². The molecule has 2 nitrogen and oxygen atoms in total. The monoisotopic (exact) mass is 252 g/mol. The van der Waals surface area contributed by atoms with Gasteiger partial charge in [0.25, 0.3) is 0 Å². The van der Waals surface area contributed by atoms with E-state index in [1.54, 1.807) is 5.57 Å². The second-order valence-electron chi connectivity index (χ2n) is 5.30. The fraction of sp³-hybridized carbons (Fsp3) is 0.714. The minimum atomic E-state index is 0.423. The molecular weight excluding hydrogens is 228 g/mol. The number of hydrogen-bond acceptors (Lipinski definition) is 3. The van der Waals surface area contributed by atoms with Gasteiger partial charge in [-0.2, -0.15) is 0 Å². The summed E-state index contributed by atoms with van der Waals surface area (Å²) in [5, 5.41) is 0. The van der Waals surface area contributed by atoms with Crippen LogP contribution in [0.25, 0.3) is 0 Å². The minimum absolute atomic E-state index is 0.423. The van der Waals surface area contributed by atoms with E-state index in [2.05, 4.69) is 48.5 Å². The Kier molecular flexibility index (Phi) is 3.88. The van der Waals surface area contributed by atoms with Gasteiger partial charge in [-0.15, -0.1) is 0 Å². The smallest absolute Gasteiger partial charge is 0.0390 e. The van der Waals surface area contributed by atoms with Crippen molar-refractivity contribution in [3.63, 3.8) is 0 Å². The Morgan fingerprint density at radius 2 is 1.94 bits per heavy atom. The average Bonchev–Trinajstić information content (AvgIpc) is 2.59. The molecule has 1 spiro atoms. The zero-order valence-electron chi connectivity index (χ0n) is 11.5. The van der Waals surface area contributed by atoms with Gasteiger partial charge < -0.3 is 9.21 Å². The van der Waals surface area contributed by atoms with Crippen LogP contribution < -0.4 is 0 Å². The summed E-state index contributed by atoms with van der Waals surface area (Å²) in [5.41, 5.74) is 3.48. The molecule has 0 amide bonds. The van der Waals surface area contributed by atoms with E-state index in [0.717, 1.165) is 0 Å². The fourth-order valence-electron chi connectivity index (χ4n) is 3.14. The van der Waals surface area contributed by atoms with Crippen molar-refractivity contribution in [2.45, 2.75) is 26.7 Å². The summed E-state index contributed by atoms with van der Waals surface area (Å²) in [4.78, 5) is 2.45. The molecule has 1 saturated heterocycles. The van der Waals surface area contributed by atoms with E-state index in [9.17, 15) is 0 Å². The average molecular weight is 252 g/mol. The molecule has 0 aromatic carbocycles. The molecule has 0 aromatic heterocycles. The van der Waals surface area contributed by atoms with Crippen LogP contribution in [-0.4, -0.2) is 42.1 Å². The highest BCUT2D eigenvalue weighted by Crippen LogP contribution is 2.48. The molecule has 1 fully saturated rings. The Bertz CT molecular complexity index is 338. The lowest BCUT2D eigenvalue weighted by Crippen LogP contribution is -2.40. The highest BCUT2D eigenvalue weighted by molar-refractivity contribution is 7.96. The molecular formula is C14H24N2S. The zero-order chi connectivity index (χ0) is 12.5. The van der Waals surface area contributed by atoms with E-state index in [1.165, 1.54) is 38.2 Å². The summed E-state index contributed by atoms with van der Waals surface area (Å²) >= 11 is 1.87. The van der Waals surface area contributed by atoms with Crippen LogP contribution in [0.3, 0.4) is 0 Å². The molecule has 0 bridgehead atoms. The van der Waals surface area contributed by atoms with Crippen LogP contribution in [0.15, 0.2) is 23.4 Å². The van der Waals surface area contributed by atoms with Crippen LogP contribution >= 0.6 is 11.9 Å². The Hall–Kier alpha value is -0.410. The largest absolute Gasteiger partial charge is 0.319 e. The van der Waals surface area contributed by atoms with Gasteiger partial charge in [0.2, 0.25) is 0 Å². The van der Waals surface area contributed by atoms with Crippen LogP contribution in [0.4, 0.5) is 0 Å². The van der Waals surface area contributed by atoms with Crippen molar-refractivity contribution in [1.29, 1.82) is 0 Å². The first-order valence-electron chi connectivity index (χ1n) is 6.47. The van der Waals surface area contributed by atoms with Crippen molar-refractivity contribution >= 4 is 11.9 Å². The minimum Gasteiger partial charge on any atom is -0.319 e. The summed E-state index contributed by atoms with van der Waals surface area (Å²) in [6, 6.07) is 0. The SMILES string of the molecule is C/C=C\C1=C(C)N(SC)CC12CCN(C)CC2. The molecule has 17 heavy (non-hydrogen) atoms. The molecule has 0 radical (unpaired) electrons. The molecule has 0 unspecified atom stereocenters. The Morgan fingerprint density at radius 3 is 2.47 bits per heavy atom. The predicted molar refractivity (Wildman–Crippen MR) is 76.9 cm³/mol. The molecule has 0 saturated carbocycles. The van der Waals surface area contributed by atoms with Gasteiger partial charge in [-0.25, -0.2) is 0 Å².